The van der Waals surface area contributed by atoms with Gasteiger partial charge in [0, 0.05) is 5.56 Å². The monoisotopic (exact) mass is 382 g/mol. The zero-order chi connectivity index (χ0) is 12.6. The molecule has 88 valence electrons. The first-order valence-corrected chi connectivity index (χ1v) is 6.47. The van der Waals surface area contributed by atoms with Crippen molar-refractivity contribution in [2.24, 2.45) is 0 Å². The van der Waals surface area contributed by atoms with Crippen LogP contribution >= 0.6 is 45.8 Å². The summed E-state index contributed by atoms with van der Waals surface area (Å²) in [5.41, 5.74) is 1.21. The Kier molecular flexibility index (Phi) is 3.85. The predicted molar refractivity (Wildman–Crippen MR) is 74.9 cm³/mol. The third-order valence-corrected chi connectivity index (χ3v) is 4.39. The highest BCUT2D eigenvalue weighted by molar-refractivity contribution is 14.1. The van der Waals surface area contributed by atoms with Crippen LogP contribution in [0.2, 0.25) is 10.3 Å². The van der Waals surface area contributed by atoms with Gasteiger partial charge < -0.3 is 0 Å². The summed E-state index contributed by atoms with van der Waals surface area (Å²) in [5.74, 6) is 0.125. The molecule has 1 aromatic heterocycles. The van der Waals surface area contributed by atoms with E-state index in [9.17, 15) is 4.39 Å². The minimum absolute atomic E-state index is 0.267. The first-order chi connectivity index (χ1) is 7.99. The molecule has 17 heavy (non-hydrogen) atoms. The van der Waals surface area contributed by atoms with Crippen molar-refractivity contribution in [2.45, 2.75) is 6.92 Å². The fourth-order valence-corrected chi connectivity index (χ4v) is 1.94. The molecule has 0 N–H and O–H groups in total. The number of hydrogen-bond acceptors (Lipinski definition) is 2. The molecule has 0 saturated carbocycles. The molecule has 0 fully saturated rings. The Bertz CT molecular complexity index is 567. The van der Waals surface area contributed by atoms with Gasteiger partial charge in [-0.1, -0.05) is 23.2 Å². The first-order valence-electron chi connectivity index (χ1n) is 4.64. The molecule has 0 atom stereocenters. The minimum atomic E-state index is -0.267. The molecule has 0 bridgehead atoms. The molecule has 0 radical (unpaired) electrons. The number of nitrogens with zero attached hydrogens (tertiary/aromatic N) is 2. The van der Waals surface area contributed by atoms with Crippen molar-refractivity contribution in [1.29, 1.82) is 0 Å². The molecule has 0 amide bonds. The Labute approximate surface area is 121 Å². The van der Waals surface area contributed by atoms with Crippen LogP contribution in [0.5, 0.6) is 0 Å². The second-order valence-corrected chi connectivity index (χ2v) is 5.20. The van der Waals surface area contributed by atoms with E-state index in [1.54, 1.807) is 19.1 Å². The summed E-state index contributed by atoms with van der Waals surface area (Å²) in [6.07, 6.45) is 0. The highest BCUT2D eigenvalue weighted by Gasteiger charge is 2.11. The molecule has 0 unspecified atom stereocenters. The van der Waals surface area contributed by atoms with Gasteiger partial charge in [0.15, 0.2) is 5.82 Å². The summed E-state index contributed by atoms with van der Waals surface area (Å²) in [5, 5.41) is 0.588. The molecule has 6 heteroatoms. The van der Waals surface area contributed by atoms with E-state index in [1.807, 2.05) is 22.6 Å². The van der Waals surface area contributed by atoms with Crippen LogP contribution in [-0.2, 0) is 0 Å². The molecule has 1 heterocycles. The molecule has 0 spiro atoms. The van der Waals surface area contributed by atoms with Gasteiger partial charge in [0.25, 0.3) is 0 Å². The Morgan fingerprint density at radius 2 is 1.76 bits per heavy atom. The molecule has 2 rings (SSSR count). The second kappa shape index (κ2) is 5.04. The van der Waals surface area contributed by atoms with Gasteiger partial charge in [0.1, 0.15) is 16.1 Å². The average molecular weight is 383 g/mol. The summed E-state index contributed by atoms with van der Waals surface area (Å²) < 4.78 is 13.7. The largest absolute Gasteiger partial charge is 0.215 e. The number of halogens is 4. The van der Waals surface area contributed by atoms with E-state index < -0.39 is 0 Å². The normalized spacial score (nSPS) is 10.6. The van der Waals surface area contributed by atoms with Gasteiger partial charge in [0.2, 0.25) is 0 Å². The summed E-state index contributed by atoms with van der Waals surface area (Å²) in [7, 11) is 0. The lowest BCUT2D eigenvalue weighted by Gasteiger charge is -2.05. The van der Waals surface area contributed by atoms with Crippen LogP contribution in [0.1, 0.15) is 5.56 Å². The standard InChI is InChI=1S/C11H6Cl2FIN2/c1-5-4-6(2-3-7(5)14)11-16-9(12)8(15)10(13)17-11/h2-4H,1H3. The Morgan fingerprint density at radius 3 is 2.29 bits per heavy atom. The van der Waals surface area contributed by atoms with Gasteiger partial charge in [0.05, 0.1) is 3.57 Å². The third kappa shape index (κ3) is 2.69. The SMILES string of the molecule is Cc1cc(-c2nc(Cl)c(I)c(Cl)n2)ccc1F. The van der Waals surface area contributed by atoms with E-state index in [-0.39, 0.29) is 5.82 Å². The van der Waals surface area contributed by atoms with Crippen molar-refractivity contribution in [2.75, 3.05) is 0 Å². The molecule has 1 aromatic carbocycles. The molecule has 2 nitrogen and oxygen atoms in total. The van der Waals surface area contributed by atoms with Crippen LogP contribution in [0, 0.1) is 16.3 Å². The molecular formula is C11H6Cl2FIN2. The van der Waals surface area contributed by atoms with E-state index >= 15 is 0 Å². The number of hydrogen-bond donors (Lipinski definition) is 0. The smallest absolute Gasteiger partial charge is 0.162 e. The van der Waals surface area contributed by atoms with Crippen molar-refractivity contribution in [3.63, 3.8) is 0 Å². The fourth-order valence-electron chi connectivity index (χ4n) is 1.31. The Balaban J connectivity index is 2.57. The molecule has 0 aliphatic heterocycles. The molecular weight excluding hydrogens is 377 g/mol. The number of rotatable bonds is 1. The maximum Gasteiger partial charge on any atom is 0.162 e. The molecule has 0 aliphatic carbocycles. The van der Waals surface area contributed by atoms with Crippen molar-refractivity contribution < 1.29 is 4.39 Å². The van der Waals surface area contributed by atoms with Gasteiger partial charge in [-0.05, 0) is 53.3 Å². The van der Waals surface area contributed by atoms with Crippen molar-refractivity contribution in [3.8, 4) is 11.4 Å². The minimum Gasteiger partial charge on any atom is -0.215 e. The highest BCUT2D eigenvalue weighted by Crippen LogP contribution is 2.27. The van der Waals surface area contributed by atoms with Gasteiger partial charge in [-0.2, -0.15) is 0 Å². The van der Waals surface area contributed by atoms with E-state index in [0.29, 0.717) is 30.8 Å². The van der Waals surface area contributed by atoms with Crippen LogP contribution in [0.25, 0.3) is 11.4 Å². The van der Waals surface area contributed by atoms with Gasteiger partial charge >= 0.3 is 0 Å². The van der Waals surface area contributed by atoms with Crippen LogP contribution < -0.4 is 0 Å². The van der Waals surface area contributed by atoms with Gasteiger partial charge in [-0.25, -0.2) is 14.4 Å². The molecule has 2 aromatic rings. The van der Waals surface area contributed by atoms with Gasteiger partial charge in [-0.3, -0.25) is 0 Å². The molecule has 0 saturated heterocycles. The zero-order valence-electron chi connectivity index (χ0n) is 8.64. The topological polar surface area (TPSA) is 25.8 Å². The van der Waals surface area contributed by atoms with Crippen LogP contribution in [0.4, 0.5) is 4.39 Å². The predicted octanol–water partition coefficient (Wildman–Crippen LogP) is 4.50. The van der Waals surface area contributed by atoms with Crippen LogP contribution in [0.15, 0.2) is 18.2 Å². The molecule has 0 aliphatic rings. The van der Waals surface area contributed by atoms with E-state index in [1.165, 1.54) is 6.07 Å². The lowest BCUT2D eigenvalue weighted by atomic mass is 10.1. The highest BCUT2D eigenvalue weighted by atomic mass is 127. The van der Waals surface area contributed by atoms with E-state index in [0.717, 1.165) is 0 Å². The van der Waals surface area contributed by atoms with Crippen LogP contribution in [-0.4, -0.2) is 9.97 Å². The summed E-state index contributed by atoms with van der Waals surface area (Å²) in [4.78, 5) is 8.23. The number of aromatic nitrogens is 2. The van der Waals surface area contributed by atoms with Crippen LogP contribution in [0.3, 0.4) is 0 Å². The maximum atomic E-state index is 13.1. The first kappa shape index (κ1) is 13.0. The fraction of sp³-hybridized carbons (Fsp3) is 0.0909. The number of aryl methyl sites for hydroxylation is 1. The average Bonchev–Trinajstić information content (AvgIpc) is 2.29. The lowest BCUT2D eigenvalue weighted by molar-refractivity contribution is 0.618. The Morgan fingerprint density at radius 1 is 1.18 bits per heavy atom. The number of benzene rings is 1. The van der Waals surface area contributed by atoms with Gasteiger partial charge in [-0.15, -0.1) is 0 Å². The maximum absolute atomic E-state index is 13.1. The third-order valence-electron chi connectivity index (χ3n) is 2.19. The van der Waals surface area contributed by atoms with Crippen molar-refractivity contribution >= 4 is 45.8 Å². The summed E-state index contributed by atoms with van der Waals surface area (Å²) >= 11 is 13.8. The quantitative estimate of drug-likeness (QED) is 0.536. The van der Waals surface area contributed by atoms with E-state index in [4.69, 9.17) is 23.2 Å². The zero-order valence-corrected chi connectivity index (χ0v) is 12.3. The summed E-state index contributed by atoms with van der Waals surface area (Å²) in [6, 6.07) is 4.62. The second-order valence-electron chi connectivity index (χ2n) is 3.41. The van der Waals surface area contributed by atoms with E-state index in [2.05, 4.69) is 9.97 Å². The lowest BCUT2D eigenvalue weighted by Crippen LogP contribution is -1.94. The van der Waals surface area contributed by atoms with Crippen molar-refractivity contribution in [3.05, 3.63) is 43.5 Å². The Hall–Kier alpha value is -0.460. The van der Waals surface area contributed by atoms with Crippen molar-refractivity contribution in [1.82, 2.24) is 9.97 Å². The summed E-state index contributed by atoms with van der Waals surface area (Å²) in [6.45, 7) is 1.68.